The maximum atomic E-state index is 12.3. The fourth-order valence-electron chi connectivity index (χ4n) is 2.32. The van der Waals surface area contributed by atoms with E-state index in [-0.39, 0.29) is 11.8 Å². The molecule has 21 heavy (non-hydrogen) atoms. The van der Waals surface area contributed by atoms with E-state index in [9.17, 15) is 9.59 Å². The minimum atomic E-state index is -0.257. The Balaban J connectivity index is 1.71. The second kappa shape index (κ2) is 5.65. The van der Waals surface area contributed by atoms with Crippen molar-refractivity contribution in [3.63, 3.8) is 0 Å². The molecule has 0 unspecified atom stereocenters. The number of aromatic nitrogens is 3. The summed E-state index contributed by atoms with van der Waals surface area (Å²) in [5.41, 5.74) is 0. The molecule has 2 aromatic heterocycles. The zero-order valence-corrected chi connectivity index (χ0v) is 12.4. The highest BCUT2D eigenvalue weighted by molar-refractivity contribution is 7.10. The molecule has 3 rings (SSSR count). The van der Waals surface area contributed by atoms with E-state index in [2.05, 4.69) is 15.5 Å². The number of thiophene rings is 1. The molecule has 0 bridgehead atoms. The largest absolute Gasteiger partial charge is 0.352 e. The van der Waals surface area contributed by atoms with Crippen LogP contribution < -0.4 is 5.32 Å². The van der Waals surface area contributed by atoms with Gasteiger partial charge in [0.15, 0.2) is 5.82 Å². The average molecular weight is 305 g/mol. The van der Waals surface area contributed by atoms with Crippen molar-refractivity contribution in [3.05, 3.63) is 34.0 Å². The molecule has 0 spiro atoms. The normalized spacial score (nSPS) is 13.9. The fourth-order valence-corrected chi connectivity index (χ4v) is 3.02. The number of hydrogen-bond acceptors (Lipinski definition) is 5. The number of amides is 2. The number of hydrogen-bond donors (Lipinski definition) is 1. The van der Waals surface area contributed by atoms with E-state index in [1.165, 1.54) is 0 Å². The molecule has 3 heterocycles. The van der Waals surface area contributed by atoms with Crippen molar-refractivity contribution in [2.24, 2.45) is 0 Å². The summed E-state index contributed by atoms with van der Waals surface area (Å²) in [5, 5.41) is 12.4. The standard InChI is InChI=1S/C13H15N5O2S/c1-14-13(20)12-16-15-10-8-17(4-5-18(10)12)11(19)7-9-3-2-6-21-9/h2-3,6H,4-5,7-8H2,1H3,(H,14,20). The molecule has 2 aromatic rings. The first kappa shape index (κ1) is 13.7. The highest BCUT2D eigenvalue weighted by Gasteiger charge is 2.26. The van der Waals surface area contributed by atoms with Gasteiger partial charge in [-0.1, -0.05) is 6.07 Å². The first-order valence-electron chi connectivity index (χ1n) is 6.63. The maximum absolute atomic E-state index is 12.3. The van der Waals surface area contributed by atoms with Crippen LogP contribution >= 0.6 is 11.3 Å². The summed E-state index contributed by atoms with van der Waals surface area (Å²) in [7, 11) is 1.56. The van der Waals surface area contributed by atoms with Gasteiger partial charge in [-0.2, -0.15) is 0 Å². The van der Waals surface area contributed by atoms with Crippen LogP contribution in [0.3, 0.4) is 0 Å². The van der Waals surface area contributed by atoms with E-state index in [1.54, 1.807) is 27.9 Å². The lowest BCUT2D eigenvalue weighted by atomic mass is 10.2. The lowest BCUT2D eigenvalue weighted by Crippen LogP contribution is -2.40. The Bertz CT molecular complexity index is 664. The minimum absolute atomic E-state index is 0.0770. The lowest BCUT2D eigenvalue weighted by Gasteiger charge is -2.27. The molecule has 110 valence electrons. The second-order valence-electron chi connectivity index (χ2n) is 4.74. The summed E-state index contributed by atoms with van der Waals surface area (Å²) in [5.74, 6) is 0.776. The summed E-state index contributed by atoms with van der Waals surface area (Å²) < 4.78 is 1.77. The number of carbonyl (C=O) groups is 2. The van der Waals surface area contributed by atoms with Crippen molar-refractivity contribution in [2.75, 3.05) is 13.6 Å². The van der Waals surface area contributed by atoms with Crippen molar-refractivity contribution in [3.8, 4) is 0 Å². The molecule has 0 radical (unpaired) electrons. The van der Waals surface area contributed by atoms with E-state index in [0.29, 0.717) is 37.7 Å². The van der Waals surface area contributed by atoms with Crippen molar-refractivity contribution in [1.29, 1.82) is 0 Å². The van der Waals surface area contributed by atoms with Gasteiger partial charge in [0, 0.05) is 25.0 Å². The Morgan fingerprint density at radius 3 is 2.95 bits per heavy atom. The van der Waals surface area contributed by atoms with Crippen molar-refractivity contribution in [2.45, 2.75) is 19.5 Å². The monoisotopic (exact) mass is 305 g/mol. The van der Waals surface area contributed by atoms with Crippen LogP contribution in [-0.2, 0) is 24.3 Å². The second-order valence-corrected chi connectivity index (χ2v) is 5.77. The van der Waals surface area contributed by atoms with Gasteiger partial charge in [0.2, 0.25) is 11.7 Å². The smallest absolute Gasteiger partial charge is 0.288 e. The third-order valence-electron chi connectivity index (χ3n) is 3.44. The summed E-state index contributed by atoms with van der Waals surface area (Å²) >= 11 is 1.58. The SMILES string of the molecule is CNC(=O)c1nnc2n1CCN(C(=O)Cc1cccs1)C2. The van der Waals surface area contributed by atoms with Crippen molar-refractivity contribution < 1.29 is 9.59 Å². The zero-order chi connectivity index (χ0) is 14.8. The number of nitrogens with one attached hydrogen (secondary N) is 1. The number of fused-ring (bicyclic) bond motifs is 1. The fraction of sp³-hybridized carbons (Fsp3) is 0.385. The van der Waals surface area contributed by atoms with Crippen molar-refractivity contribution in [1.82, 2.24) is 25.0 Å². The third-order valence-corrected chi connectivity index (χ3v) is 4.32. The van der Waals surface area contributed by atoms with Crippen LogP contribution in [0.1, 0.15) is 21.3 Å². The third kappa shape index (κ3) is 2.66. The Kier molecular flexibility index (Phi) is 3.70. The van der Waals surface area contributed by atoms with Gasteiger partial charge < -0.3 is 14.8 Å². The first-order valence-corrected chi connectivity index (χ1v) is 7.51. The van der Waals surface area contributed by atoms with E-state index >= 15 is 0 Å². The summed E-state index contributed by atoms with van der Waals surface area (Å²) in [6.07, 6.45) is 0.411. The van der Waals surface area contributed by atoms with Crippen LogP contribution in [0.2, 0.25) is 0 Å². The van der Waals surface area contributed by atoms with Gasteiger partial charge in [-0.05, 0) is 11.4 Å². The molecule has 0 atom stereocenters. The van der Waals surface area contributed by atoms with Crippen molar-refractivity contribution >= 4 is 23.2 Å². The highest BCUT2D eigenvalue weighted by atomic mass is 32.1. The number of nitrogens with zero attached hydrogens (tertiary/aromatic N) is 4. The van der Waals surface area contributed by atoms with Crippen LogP contribution in [0.25, 0.3) is 0 Å². The maximum Gasteiger partial charge on any atom is 0.288 e. The van der Waals surface area contributed by atoms with Gasteiger partial charge >= 0.3 is 0 Å². The predicted octanol–water partition coefficient (Wildman–Crippen LogP) is 0.284. The minimum Gasteiger partial charge on any atom is -0.352 e. The molecule has 1 N–H and O–H groups in total. The van der Waals surface area contributed by atoms with Crippen LogP contribution in [0.15, 0.2) is 17.5 Å². The van der Waals surface area contributed by atoms with E-state index < -0.39 is 0 Å². The van der Waals surface area contributed by atoms with Gasteiger partial charge in [0.05, 0.1) is 13.0 Å². The Morgan fingerprint density at radius 2 is 2.24 bits per heavy atom. The van der Waals surface area contributed by atoms with E-state index in [4.69, 9.17) is 0 Å². The molecular formula is C13H15N5O2S. The molecule has 0 saturated heterocycles. The van der Waals surface area contributed by atoms with Gasteiger partial charge in [-0.25, -0.2) is 0 Å². The van der Waals surface area contributed by atoms with E-state index in [1.807, 2.05) is 17.5 Å². The van der Waals surface area contributed by atoms with Gasteiger partial charge in [-0.3, -0.25) is 9.59 Å². The molecule has 0 saturated carbocycles. The Hall–Kier alpha value is -2.22. The lowest BCUT2D eigenvalue weighted by molar-refractivity contribution is -0.131. The van der Waals surface area contributed by atoms with Crippen LogP contribution in [0.5, 0.6) is 0 Å². The van der Waals surface area contributed by atoms with Crippen LogP contribution in [0.4, 0.5) is 0 Å². The zero-order valence-electron chi connectivity index (χ0n) is 11.6. The predicted molar refractivity (Wildman–Crippen MR) is 76.9 cm³/mol. The summed E-state index contributed by atoms with van der Waals surface area (Å²) in [6, 6.07) is 3.90. The molecule has 7 nitrogen and oxygen atoms in total. The Morgan fingerprint density at radius 1 is 1.38 bits per heavy atom. The molecule has 0 aliphatic carbocycles. The Labute approximate surface area is 125 Å². The first-order chi connectivity index (χ1) is 10.2. The molecule has 0 aromatic carbocycles. The number of rotatable bonds is 3. The quantitative estimate of drug-likeness (QED) is 0.883. The molecule has 2 amide bonds. The molecule has 1 aliphatic rings. The molecular weight excluding hydrogens is 290 g/mol. The van der Waals surface area contributed by atoms with Gasteiger partial charge in [0.25, 0.3) is 5.91 Å². The van der Waals surface area contributed by atoms with Crippen LogP contribution in [-0.4, -0.2) is 45.1 Å². The summed E-state index contributed by atoms with van der Waals surface area (Å²) in [4.78, 5) is 26.7. The van der Waals surface area contributed by atoms with E-state index in [0.717, 1.165) is 4.88 Å². The highest BCUT2D eigenvalue weighted by Crippen LogP contribution is 2.16. The van der Waals surface area contributed by atoms with Gasteiger partial charge in [-0.15, -0.1) is 21.5 Å². The molecule has 1 aliphatic heterocycles. The van der Waals surface area contributed by atoms with Crippen LogP contribution in [0, 0.1) is 0 Å². The molecule has 0 fully saturated rings. The molecule has 8 heteroatoms. The average Bonchev–Trinajstić information content (AvgIpc) is 3.14. The number of carbonyl (C=O) groups excluding carboxylic acids is 2. The topological polar surface area (TPSA) is 80.1 Å². The van der Waals surface area contributed by atoms with Gasteiger partial charge in [0.1, 0.15) is 0 Å². The summed E-state index contributed by atoms with van der Waals surface area (Å²) in [6.45, 7) is 1.51.